The number of rotatable bonds is 5. The Morgan fingerprint density at radius 3 is 2.58 bits per heavy atom. The van der Waals surface area contributed by atoms with E-state index in [1.54, 1.807) is 0 Å². The number of nitrogens with one attached hydrogen (secondary N) is 1. The SMILES string of the molecule is O=C(CN1CCOCC1)NCC1(c2ccc3c(c2)OCO3)CCOCC1. The Balaban J connectivity index is 1.43. The first-order valence-corrected chi connectivity index (χ1v) is 9.30. The van der Waals surface area contributed by atoms with Crippen LogP contribution < -0.4 is 14.8 Å². The molecular weight excluding hydrogens is 336 g/mol. The van der Waals surface area contributed by atoms with Crippen LogP contribution in [0.15, 0.2) is 18.2 Å². The van der Waals surface area contributed by atoms with Gasteiger partial charge in [0.2, 0.25) is 12.7 Å². The molecule has 0 bridgehead atoms. The van der Waals surface area contributed by atoms with Gasteiger partial charge >= 0.3 is 0 Å². The van der Waals surface area contributed by atoms with E-state index >= 15 is 0 Å². The Morgan fingerprint density at radius 2 is 1.77 bits per heavy atom. The highest BCUT2D eigenvalue weighted by atomic mass is 16.7. The molecule has 0 saturated carbocycles. The largest absolute Gasteiger partial charge is 0.454 e. The molecule has 1 amide bonds. The molecule has 0 aliphatic carbocycles. The molecule has 0 aromatic heterocycles. The summed E-state index contributed by atoms with van der Waals surface area (Å²) in [5, 5.41) is 3.16. The zero-order chi connectivity index (χ0) is 17.8. The third kappa shape index (κ3) is 3.79. The van der Waals surface area contributed by atoms with Gasteiger partial charge in [0.05, 0.1) is 19.8 Å². The van der Waals surface area contributed by atoms with Gasteiger partial charge in [-0.15, -0.1) is 0 Å². The Kier molecular flexibility index (Phi) is 5.28. The number of ether oxygens (including phenoxy) is 4. The van der Waals surface area contributed by atoms with Gasteiger partial charge in [0.25, 0.3) is 0 Å². The molecule has 0 unspecified atom stereocenters. The Labute approximate surface area is 153 Å². The molecule has 0 atom stereocenters. The van der Waals surface area contributed by atoms with Crippen molar-refractivity contribution in [3.8, 4) is 11.5 Å². The van der Waals surface area contributed by atoms with Crippen LogP contribution in [0.2, 0.25) is 0 Å². The van der Waals surface area contributed by atoms with Crippen LogP contribution in [0.4, 0.5) is 0 Å². The van der Waals surface area contributed by atoms with Crippen LogP contribution in [0, 0.1) is 0 Å². The van der Waals surface area contributed by atoms with E-state index in [0.717, 1.165) is 37.4 Å². The standard InChI is InChI=1S/C19H26N2O5/c22-18(12-21-5-9-24-10-6-21)20-13-19(3-7-23-8-4-19)15-1-2-16-17(11-15)26-14-25-16/h1-2,11H,3-10,12-14H2,(H,20,22). The van der Waals surface area contributed by atoms with Crippen molar-refractivity contribution in [2.75, 3.05) is 59.4 Å². The van der Waals surface area contributed by atoms with Crippen LogP contribution >= 0.6 is 0 Å². The van der Waals surface area contributed by atoms with E-state index in [2.05, 4.69) is 22.3 Å². The van der Waals surface area contributed by atoms with Gasteiger partial charge in [0, 0.05) is 38.3 Å². The first-order valence-electron chi connectivity index (χ1n) is 9.30. The lowest BCUT2D eigenvalue weighted by atomic mass is 9.74. The Morgan fingerprint density at radius 1 is 1.04 bits per heavy atom. The number of amides is 1. The quantitative estimate of drug-likeness (QED) is 0.840. The van der Waals surface area contributed by atoms with Crippen molar-refractivity contribution in [3.63, 3.8) is 0 Å². The number of benzene rings is 1. The average molecular weight is 362 g/mol. The minimum atomic E-state index is -0.125. The maximum atomic E-state index is 12.4. The second-order valence-corrected chi connectivity index (χ2v) is 7.13. The van der Waals surface area contributed by atoms with Gasteiger partial charge in [-0.3, -0.25) is 9.69 Å². The first-order chi connectivity index (χ1) is 12.8. The summed E-state index contributed by atoms with van der Waals surface area (Å²) in [6.45, 7) is 5.74. The maximum absolute atomic E-state index is 12.4. The molecule has 2 fully saturated rings. The molecule has 1 aromatic carbocycles. The summed E-state index contributed by atoms with van der Waals surface area (Å²) in [6, 6.07) is 6.11. The third-order valence-electron chi connectivity index (χ3n) is 5.53. The van der Waals surface area contributed by atoms with E-state index in [1.165, 1.54) is 5.56 Å². The summed E-state index contributed by atoms with van der Waals surface area (Å²) < 4.78 is 21.9. The molecule has 7 nitrogen and oxygen atoms in total. The zero-order valence-corrected chi connectivity index (χ0v) is 15.0. The van der Waals surface area contributed by atoms with Gasteiger partial charge in [-0.2, -0.15) is 0 Å². The monoisotopic (exact) mass is 362 g/mol. The van der Waals surface area contributed by atoms with Crippen molar-refractivity contribution in [2.24, 2.45) is 0 Å². The highest BCUT2D eigenvalue weighted by Crippen LogP contribution is 2.40. The summed E-state index contributed by atoms with van der Waals surface area (Å²) in [5.74, 6) is 1.64. The normalized spacial score (nSPS) is 22.2. The van der Waals surface area contributed by atoms with Gasteiger partial charge < -0.3 is 24.3 Å². The molecule has 3 aliphatic heterocycles. The maximum Gasteiger partial charge on any atom is 0.234 e. The lowest BCUT2D eigenvalue weighted by Gasteiger charge is -2.38. The smallest absolute Gasteiger partial charge is 0.234 e. The van der Waals surface area contributed by atoms with Gasteiger partial charge in [0.15, 0.2) is 11.5 Å². The van der Waals surface area contributed by atoms with Gasteiger partial charge in [-0.25, -0.2) is 0 Å². The lowest BCUT2D eigenvalue weighted by Crippen LogP contribution is -2.48. The highest BCUT2D eigenvalue weighted by Gasteiger charge is 2.36. The molecule has 7 heteroatoms. The number of nitrogens with zero attached hydrogens (tertiary/aromatic N) is 1. The first kappa shape index (κ1) is 17.6. The van der Waals surface area contributed by atoms with Crippen molar-refractivity contribution in [1.29, 1.82) is 0 Å². The van der Waals surface area contributed by atoms with Crippen LogP contribution in [0.25, 0.3) is 0 Å². The van der Waals surface area contributed by atoms with Crippen LogP contribution in [0.1, 0.15) is 18.4 Å². The van der Waals surface area contributed by atoms with E-state index in [1.807, 2.05) is 6.07 Å². The molecule has 3 aliphatic rings. The minimum absolute atomic E-state index is 0.0681. The molecule has 0 spiro atoms. The molecule has 1 aromatic rings. The van der Waals surface area contributed by atoms with Crippen LogP contribution in [0.3, 0.4) is 0 Å². The second-order valence-electron chi connectivity index (χ2n) is 7.13. The Bertz CT molecular complexity index is 639. The van der Waals surface area contributed by atoms with Gasteiger partial charge in [-0.1, -0.05) is 6.07 Å². The summed E-state index contributed by atoms with van der Waals surface area (Å²) >= 11 is 0. The van der Waals surface area contributed by atoms with Crippen LogP contribution in [0.5, 0.6) is 11.5 Å². The number of carbonyl (C=O) groups is 1. The fraction of sp³-hybridized carbons (Fsp3) is 0.632. The number of morpholine rings is 1. The zero-order valence-electron chi connectivity index (χ0n) is 15.0. The van der Waals surface area contributed by atoms with Crippen molar-refractivity contribution in [1.82, 2.24) is 10.2 Å². The van der Waals surface area contributed by atoms with E-state index in [-0.39, 0.29) is 18.1 Å². The lowest BCUT2D eigenvalue weighted by molar-refractivity contribution is -0.123. The number of hydrogen-bond donors (Lipinski definition) is 1. The van der Waals surface area contributed by atoms with E-state index < -0.39 is 0 Å². The minimum Gasteiger partial charge on any atom is -0.454 e. The summed E-state index contributed by atoms with van der Waals surface area (Å²) in [5.41, 5.74) is 1.05. The van der Waals surface area contributed by atoms with Crippen LogP contribution in [-0.4, -0.2) is 70.2 Å². The van der Waals surface area contributed by atoms with E-state index in [0.29, 0.717) is 39.5 Å². The average Bonchev–Trinajstić information content (AvgIpc) is 3.16. The van der Waals surface area contributed by atoms with Crippen molar-refractivity contribution >= 4 is 5.91 Å². The highest BCUT2D eigenvalue weighted by molar-refractivity contribution is 5.78. The predicted octanol–water partition coefficient (Wildman–Crippen LogP) is 0.912. The van der Waals surface area contributed by atoms with Crippen molar-refractivity contribution in [3.05, 3.63) is 23.8 Å². The van der Waals surface area contributed by atoms with Crippen molar-refractivity contribution < 1.29 is 23.7 Å². The molecular formula is C19H26N2O5. The molecule has 3 heterocycles. The number of carbonyl (C=O) groups excluding carboxylic acids is 1. The molecule has 4 rings (SSSR count). The molecule has 2 saturated heterocycles. The van der Waals surface area contributed by atoms with Gasteiger partial charge in [0.1, 0.15) is 0 Å². The topological polar surface area (TPSA) is 69.3 Å². The molecule has 1 N–H and O–H groups in total. The summed E-state index contributed by atoms with van der Waals surface area (Å²) in [4.78, 5) is 14.6. The van der Waals surface area contributed by atoms with E-state index in [4.69, 9.17) is 18.9 Å². The van der Waals surface area contributed by atoms with Crippen molar-refractivity contribution in [2.45, 2.75) is 18.3 Å². The van der Waals surface area contributed by atoms with E-state index in [9.17, 15) is 4.79 Å². The second kappa shape index (κ2) is 7.82. The third-order valence-corrected chi connectivity index (χ3v) is 5.53. The summed E-state index contributed by atoms with van der Waals surface area (Å²) in [7, 11) is 0. The number of fused-ring (bicyclic) bond motifs is 1. The molecule has 0 radical (unpaired) electrons. The fourth-order valence-electron chi connectivity index (χ4n) is 3.84. The Hall–Kier alpha value is -1.83. The van der Waals surface area contributed by atoms with Gasteiger partial charge in [-0.05, 0) is 30.5 Å². The molecule has 142 valence electrons. The fourth-order valence-corrected chi connectivity index (χ4v) is 3.84. The van der Waals surface area contributed by atoms with Crippen LogP contribution in [-0.2, 0) is 19.7 Å². The summed E-state index contributed by atoms with van der Waals surface area (Å²) in [6.07, 6.45) is 1.76. The number of hydrogen-bond acceptors (Lipinski definition) is 6. The molecule has 26 heavy (non-hydrogen) atoms. The predicted molar refractivity (Wildman–Crippen MR) is 94.6 cm³/mol.